The number of hydrogen-bond acceptors (Lipinski definition) is 4. The Hall–Kier alpha value is -2.47. The van der Waals surface area contributed by atoms with Gasteiger partial charge in [0.05, 0.1) is 0 Å². The molecule has 0 bridgehead atoms. The van der Waals surface area contributed by atoms with Crippen LogP contribution in [0.2, 0.25) is 0 Å². The lowest BCUT2D eigenvalue weighted by atomic mass is 10.1. The number of nitrogens with one attached hydrogen (secondary N) is 2. The second-order valence-corrected chi connectivity index (χ2v) is 4.34. The summed E-state index contributed by atoms with van der Waals surface area (Å²) in [5.41, 5.74) is 0.607. The highest BCUT2D eigenvalue weighted by atomic mass is 32.1. The summed E-state index contributed by atoms with van der Waals surface area (Å²) in [6, 6.07) is 7.09. The smallest absolute Gasteiger partial charge is 0.263 e. The zero-order valence-corrected chi connectivity index (χ0v) is 11.3. The van der Waals surface area contributed by atoms with Gasteiger partial charge in [-0.2, -0.15) is 0 Å². The summed E-state index contributed by atoms with van der Waals surface area (Å²) in [7, 11) is 0. The third-order valence-corrected chi connectivity index (χ3v) is 2.72. The lowest BCUT2D eigenvalue weighted by Crippen LogP contribution is -2.51. The molecule has 1 aromatic carbocycles. The normalized spacial score (nSPS) is 14.4. The van der Waals surface area contributed by atoms with E-state index in [1.165, 1.54) is 6.08 Å². The summed E-state index contributed by atoms with van der Waals surface area (Å²) in [6.07, 6.45) is 3.08. The molecule has 0 radical (unpaired) electrons. The minimum Gasteiger partial charge on any atom is -0.489 e. The van der Waals surface area contributed by atoms with Crippen molar-refractivity contribution in [3.05, 3.63) is 48.1 Å². The van der Waals surface area contributed by atoms with E-state index in [9.17, 15) is 9.59 Å². The quantitative estimate of drug-likeness (QED) is 0.378. The Kier molecular flexibility index (Phi) is 4.27. The second-order valence-electron chi connectivity index (χ2n) is 3.93. The van der Waals surface area contributed by atoms with Gasteiger partial charge < -0.3 is 4.74 Å². The van der Waals surface area contributed by atoms with Crippen molar-refractivity contribution in [2.75, 3.05) is 6.61 Å². The zero-order valence-electron chi connectivity index (χ0n) is 10.5. The lowest BCUT2D eigenvalue weighted by molar-refractivity contribution is -0.123. The number of ether oxygens (including phenoxy) is 1. The van der Waals surface area contributed by atoms with Gasteiger partial charge in [0.1, 0.15) is 17.9 Å². The maximum Gasteiger partial charge on any atom is 0.263 e. The molecule has 1 aliphatic rings. The van der Waals surface area contributed by atoms with Gasteiger partial charge in [-0.25, -0.2) is 0 Å². The SMILES string of the molecule is C=CCOc1ccccc1C=C1C(=O)NC(=S)NC1=O. The minimum absolute atomic E-state index is 0.00772. The fourth-order valence-electron chi connectivity index (χ4n) is 1.64. The molecule has 6 heteroatoms. The predicted molar refractivity (Wildman–Crippen MR) is 79.0 cm³/mol. The van der Waals surface area contributed by atoms with Crippen molar-refractivity contribution in [1.29, 1.82) is 0 Å². The molecule has 1 aromatic rings. The third-order valence-electron chi connectivity index (χ3n) is 2.52. The topological polar surface area (TPSA) is 67.4 Å². The van der Waals surface area contributed by atoms with Crippen LogP contribution in [-0.4, -0.2) is 23.5 Å². The molecule has 1 heterocycles. The van der Waals surface area contributed by atoms with E-state index in [-0.39, 0.29) is 10.7 Å². The molecule has 0 spiro atoms. The van der Waals surface area contributed by atoms with Gasteiger partial charge in [-0.15, -0.1) is 0 Å². The number of amides is 2. The molecule has 1 fully saturated rings. The van der Waals surface area contributed by atoms with Gasteiger partial charge in [0, 0.05) is 5.56 Å². The molecule has 2 amide bonds. The predicted octanol–water partition coefficient (Wildman–Crippen LogP) is 1.17. The molecule has 1 saturated heterocycles. The molecule has 20 heavy (non-hydrogen) atoms. The number of hydrogen-bond donors (Lipinski definition) is 2. The average molecular weight is 288 g/mol. The molecule has 5 nitrogen and oxygen atoms in total. The number of carbonyl (C=O) groups is 2. The van der Waals surface area contributed by atoms with E-state index in [1.807, 2.05) is 0 Å². The Morgan fingerprint density at radius 3 is 2.50 bits per heavy atom. The highest BCUT2D eigenvalue weighted by Gasteiger charge is 2.25. The van der Waals surface area contributed by atoms with Crippen molar-refractivity contribution in [2.24, 2.45) is 0 Å². The summed E-state index contributed by atoms with van der Waals surface area (Å²) in [5, 5.41) is 4.76. The highest BCUT2D eigenvalue weighted by Crippen LogP contribution is 2.21. The number of thiocarbonyl (C=S) groups is 1. The maximum atomic E-state index is 11.8. The molecule has 102 valence electrons. The molecule has 0 unspecified atom stereocenters. The van der Waals surface area contributed by atoms with Crippen molar-refractivity contribution in [3.8, 4) is 5.75 Å². The molecule has 0 aromatic heterocycles. The fraction of sp³-hybridized carbons (Fsp3) is 0.0714. The van der Waals surface area contributed by atoms with Crippen LogP contribution in [0.3, 0.4) is 0 Å². The van der Waals surface area contributed by atoms with Crippen molar-refractivity contribution >= 4 is 35.2 Å². The first kappa shape index (κ1) is 14.0. The van der Waals surface area contributed by atoms with Crippen LogP contribution in [0.15, 0.2) is 42.5 Å². The summed E-state index contributed by atoms with van der Waals surface area (Å²) < 4.78 is 5.47. The minimum atomic E-state index is -0.530. The summed E-state index contributed by atoms with van der Waals surface area (Å²) in [4.78, 5) is 23.5. The standard InChI is InChI=1S/C14H12N2O3S/c1-2-7-19-11-6-4-3-5-9(11)8-10-12(17)15-14(20)16-13(10)18/h2-6,8H,1,7H2,(H2,15,16,17,18,20). The van der Waals surface area contributed by atoms with Crippen molar-refractivity contribution in [1.82, 2.24) is 10.6 Å². The number of para-hydroxylation sites is 1. The van der Waals surface area contributed by atoms with Crippen molar-refractivity contribution < 1.29 is 14.3 Å². The Morgan fingerprint density at radius 1 is 1.20 bits per heavy atom. The Labute approximate surface area is 121 Å². The summed E-state index contributed by atoms with van der Waals surface area (Å²) in [5.74, 6) is -0.497. The summed E-state index contributed by atoms with van der Waals surface area (Å²) in [6.45, 7) is 3.91. The van der Waals surface area contributed by atoms with E-state index >= 15 is 0 Å². The van der Waals surface area contributed by atoms with Crippen LogP contribution in [0.1, 0.15) is 5.56 Å². The van der Waals surface area contributed by atoms with Crippen LogP contribution in [0.4, 0.5) is 0 Å². The second kappa shape index (κ2) is 6.12. The van der Waals surface area contributed by atoms with E-state index < -0.39 is 11.8 Å². The largest absolute Gasteiger partial charge is 0.489 e. The van der Waals surface area contributed by atoms with Gasteiger partial charge in [0.2, 0.25) is 0 Å². The van der Waals surface area contributed by atoms with Gasteiger partial charge in [-0.1, -0.05) is 30.9 Å². The monoisotopic (exact) mass is 288 g/mol. The molecule has 2 N–H and O–H groups in total. The maximum absolute atomic E-state index is 11.8. The Bertz CT molecular complexity index is 601. The van der Waals surface area contributed by atoms with E-state index in [0.29, 0.717) is 17.9 Å². The highest BCUT2D eigenvalue weighted by molar-refractivity contribution is 7.80. The van der Waals surface area contributed by atoms with Crippen molar-refractivity contribution in [2.45, 2.75) is 0 Å². The van der Waals surface area contributed by atoms with Gasteiger partial charge in [0.15, 0.2) is 5.11 Å². The van der Waals surface area contributed by atoms with Crippen LogP contribution in [0.25, 0.3) is 6.08 Å². The van der Waals surface area contributed by atoms with Gasteiger partial charge in [-0.3, -0.25) is 20.2 Å². The Morgan fingerprint density at radius 2 is 1.85 bits per heavy atom. The van der Waals surface area contributed by atoms with Crippen LogP contribution >= 0.6 is 12.2 Å². The average Bonchev–Trinajstić information content (AvgIpc) is 2.41. The van der Waals surface area contributed by atoms with E-state index in [4.69, 9.17) is 17.0 Å². The van der Waals surface area contributed by atoms with Gasteiger partial charge in [-0.05, 0) is 24.4 Å². The molecule has 0 atom stereocenters. The Balaban J connectivity index is 2.34. The van der Waals surface area contributed by atoms with E-state index in [2.05, 4.69) is 17.2 Å². The molecule has 0 saturated carbocycles. The molecule has 0 aliphatic carbocycles. The van der Waals surface area contributed by atoms with Crippen LogP contribution < -0.4 is 15.4 Å². The molecule has 1 aliphatic heterocycles. The number of benzene rings is 1. The first-order chi connectivity index (χ1) is 9.61. The first-order valence-electron chi connectivity index (χ1n) is 5.83. The van der Waals surface area contributed by atoms with Crippen LogP contribution in [0, 0.1) is 0 Å². The van der Waals surface area contributed by atoms with Gasteiger partial charge >= 0.3 is 0 Å². The molecular formula is C14H12N2O3S. The molecule has 2 rings (SSSR count). The third kappa shape index (κ3) is 3.10. The van der Waals surface area contributed by atoms with Crippen molar-refractivity contribution in [3.63, 3.8) is 0 Å². The number of carbonyl (C=O) groups excluding carboxylic acids is 2. The first-order valence-corrected chi connectivity index (χ1v) is 6.23. The van der Waals surface area contributed by atoms with E-state index in [1.54, 1.807) is 30.3 Å². The fourth-order valence-corrected chi connectivity index (χ4v) is 1.83. The van der Waals surface area contributed by atoms with Gasteiger partial charge in [0.25, 0.3) is 11.8 Å². The van der Waals surface area contributed by atoms with Crippen LogP contribution in [0.5, 0.6) is 5.75 Å². The number of rotatable bonds is 4. The van der Waals surface area contributed by atoms with Crippen LogP contribution in [-0.2, 0) is 9.59 Å². The zero-order chi connectivity index (χ0) is 14.5. The summed E-state index contributed by atoms with van der Waals surface area (Å²) >= 11 is 4.73. The lowest BCUT2D eigenvalue weighted by Gasteiger charge is -2.16. The molecular weight excluding hydrogens is 276 g/mol. The van der Waals surface area contributed by atoms with E-state index in [0.717, 1.165) is 0 Å².